The highest BCUT2D eigenvalue weighted by Gasteiger charge is 2.23. The van der Waals surface area contributed by atoms with Gasteiger partial charge in [-0.25, -0.2) is 4.39 Å². The summed E-state index contributed by atoms with van der Waals surface area (Å²) in [5, 5.41) is 3.46. The Balaban J connectivity index is 1.45. The lowest BCUT2D eigenvalue weighted by molar-refractivity contribution is 0.626. The first-order valence-electron chi connectivity index (χ1n) is 7.35. The van der Waals surface area contributed by atoms with E-state index in [-0.39, 0.29) is 5.82 Å². The maximum absolute atomic E-state index is 12.8. The van der Waals surface area contributed by atoms with Gasteiger partial charge in [-0.05, 0) is 60.5 Å². The fourth-order valence-electron chi connectivity index (χ4n) is 2.49. The molecule has 2 aromatic carbocycles. The molecule has 2 heteroatoms. The van der Waals surface area contributed by atoms with Crippen molar-refractivity contribution < 1.29 is 4.39 Å². The van der Waals surface area contributed by atoms with Gasteiger partial charge in [0.1, 0.15) is 5.82 Å². The molecule has 104 valence electrons. The van der Waals surface area contributed by atoms with Crippen LogP contribution in [-0.2, 0) is 13.0 Å². The summed E-state index contributed by atoms with van der Waals surface area (Å²) in [6.45, 7) is 1.82. The van der Waals surface area contributed by atoms with Crippen LogP contribution in [0.15, 0.2) is 48.5 Å². The van der Waals surface area contributed by atoms with E-state index in [0.29, 0.717) is 0 Å². The summed E-state index contributed by atoms with van der Waals surface area (Å²) in [5.74, 6) is 0.646. The molecule has 0 amide bonds. The minimum absolute atomic E-state index is 0.168. The van der Waals surface area contributed by atoms with Crippen LogP contribution in [0, 0.1) is 5.82 Å². The van der Waals surface area contributed by atoms with Crippen LogP contribution in [0.25, 0.3) is 0 Å². The summed E-state index contributed by atoms with van der Waals surface area (Å²) >= 11 is 0. The molecule has 2 aromatic rings. The Labute approximate surface area is 119 Å². The molecule has 20 heavy (non-hydrogen) atoms. The fraction of sp³-hybridized carbons (Fsp3) is 0.333. The minimum atomic E-state index is -0.168. The highest BCUT2D eigenvalue weighted by Crippen LogP contribution is 2.40. The van der Waals surface area contributed by atoms with E-state index in [1.54, 1.807) is 0 Å². The van der Waals surface area contributed by atoms with Crippen LogP contribution in [0.1, 0.15) is 35.4 Å². The van der Waals surface area contributed by atoms with Gasteiger partial charge in [0.15, 0.2) is 0 Å². The lowest BCUT2D eigenvalue weighted by Crippen LogP contribution is -2.16. The van der Waals surface area contributed by atoms with E-state index in [4.69, 9.17) is 0 Å². The molecule has 1 N–H and O–H groups in total. The van der Waals surface area contributed by atoms with Crippen molar-refractivity contribution >= 4 is 0 Å². The summed E-state index contributed by atoms with van der Waals surface area (Å²) in [6.07, 6.45) is 3.63. The molecule has 0 bridgehead atoms. The first-order chi connectivity index (χ1) is 9.81. The van der Waals surface area contributed by atoms with Crippen molar-refractivity contribution in [3.63, 3.8) is 0 Å². The van der Waals surface area contributed by atoms with Crippen molar-refractivity contribution in [1.82, 2.24) is 5.32 Å². The Morgan fingerprint density at radius 2 is 1.80 bits per heavy atom. The average Bonchev–Trinajstić information content (AvgIpc) is 3.30. The predicted molar refractivity (Wildman–Crippen MR) is 80.2 cm³/mol. The van der Waals surface area contributed by atoms with Crippen LogP contribution < -0.4 is 5.32 Å². The number of benzene rings is 2. The molecule has 1 aliphatic rings. The number of hydrogen-bond acceptors (Lipinski definition) is 1. The van der Waals surface area contributed by atoms with Crippen LogP contribution >= 0.6 is 0 Å². The molecule has 3 rings (SSSR count). The number of rotatable bonds is 6. The molecule has 0 aromatic heterocycles. The van der Waals surface area contributed by atoms with Crippen molar-refractivity contribution in [2.24, 2.45) is 0 Å². The summed E-state index contributed by atoms with van der Waals surface area (Å²) < 4.78 is 12.8. The zero-order valence-corrected chi connectivity index (χ0v) is 11.6. The Kier molecular flexibility index (Phi) is 4.12. The third-order valence-electron chi connectivity index (χ3n) is 3.83. The lowest BCUT2D eigenvalue weighted by Gasteiger charge is -2.07. The molecule has 0 atom stereocenters. The SMILES string of the molecule is Fc1ccc(CCNCc2cccc(C3CC3)c2)cc1. The number of halogens is 1. The Bertz CT molecular complexity index is 558. The van der Waals surface area contributed by atoms with E-state index in [2.05, 4.69) is 29.6 Å². The van der Waals surface area contributed by atoms with Crippen LogP contribution in [-0.4, -0.2) is 6.54 Å². The second-order valence-corrected chi connectivity index (χ2v) is 5.57. The fourth-order valence-corrected chi connectivity index (χ4v) is 2.49. The third kappa shape index (κ3) is 3.67. The van der Waals surface area contributed by atoms with Crippen LogP contribution in [0.4, 0.5) is 4.39 Å². The van der Waals surface area contributed by atoms with Crippen molar-refractivity contribution in [1.29, 1.82) is 0 Å². The van der Waals surface area contributed by atoms with Crippen molar-refractivity contribution in [3.8, 4) is 0 Å². The van der Waals surface area contributed by atoms with Crippen LogP contribution in [0.2, 0.25) is 0 Å². The quantitative estimate of drug-likeness (QED) is 0.781. The minimum Gasteiger partial charge on any atom is -0.312 e. The molecule has 0 aliphatic heterocycles. The van der Waals surface area contributed by atoms with Gasteiger partial charge in [-0.15, -0.1) is 0 Å². The maximum atomic E-state index is 12.8. The normalized spacial score (nSPS) is 14.4. The van der Waals surface area contributed by atoms with Crippen LogP contribution in [0.5, 0.6) is 0 Å². The third-order valence-corrected chi connectivity index (χ3v) is 3.83. The molecular formula is C18H20FN. The summed E-state index contributed by atoms with van der Waals surface area (Å²) in [4.78, 5) is 0. The smallest absolute Gasteiger partial charge is 0.123 e. The summed E-state index contributed by atoms with van der Waals surface area (Å²) in [6, 6.07) is 15.6. The van der Waals surface area contributed by atoms with E-state index in [1.807, 2.05) is 12.1 Å². The Morgan fingerprint density at radius 3 is 2.55 bits per heavy atom. The number of hydrogen-bond donors (Lipinski definition) is 1. The zero-order chi connectivity index (χ0) is 13.8. The Hall–Kier alpha value is -1.67. The van der Waals surface area contributed by atoms with Gasteiger partial charge >= 0.3 is 0 Å². The molecule has 0 saturated heterocycles. The maximum Gasteiger partial charge on any atom is 0.123 e. The Morgan fingerprint density at radius 1 is 1.00 bits per heavy atom. The van der Waals surface area contributed by atoms with Gasteiger partial charge in [0.2, 0.25) is 0 Å². The van der Waals surface area contributed by atoms with Gasteiger partial charge < -0.3 is 5.32 Å². The van der Waals surface area contributed by atoms with E-state index in [9.17, 15) is 4.39 Å². The molecule has 0 spiro atoms. The standard InChI is InChI=1S/C18H20FN/c19-18-8-4-14(5-9-18)10-11-20-13-15-2-1-3-17(12-15)16-6-7-16/h1-5,8-9,12,16,20H,6-7,10-11,13H2. The first-order valence-corrected chi connectivity index (χ1v) is 7.35. The van der Waals surface area contributed by atoms with Crippen molar-refractivity contribution in [2.45, 2.75) is 31.7 Å². The van der Waals surface area contributed by atoms with E-state index in [1.165, 1.54) is 41.7 Å². The molecule has 1 nitrogen and oxygen atoms in total. The van der Waals surface area contributed by atoms with Crippen LogP contribution in [0.3, 0.4) is 0 Å². The molecule has 0 radical (unpaired) electrons. The van der Waals surface area contributed by atoms with Gasteiger partial charge in [0.05, 0.1) is 0 Å². The van der Waals surface area contributed by atoms with Gasteiger partial charge in [-0.2, -0.15) is 0 Å². The molecule has 0 unspecified atom stereocenters. The second-order valence-electron chi connectivity index (χ2n) is 5.57. The molecule has 1 fully saturated rings. The van der Waals surface area contributed by atoms with Crippen molar-refractivity contribution in [2.75, 3.05) is 6.54 Å². The molecule has 0 heterocycles. The summed E-state index contributed by atoms with van der Waals surface area (Å²) in [7, 11) is 0. The largest absolute Gasteiger partial charge is 0.312 e. The van der Waals surface area contributed by atoms with E-state index >= 15 is 0 Å². The number of nitrogens with one attached hydrogen (secondary N) is 1. The highest BCUT2D eigenvalue weighted by molar-refractivity contribution is 5.29. The molecule has 1 saturated carbocycles. The monoisotopic (exact) mass is 269 g/mol. The van der Waals surface area contributed by atoms with E-state index < -0.39 is 0 Å². The van der Waals surface area contributed by atoms with E-state index in [0.717, 1.165) is 25.4 Å². The van der Waals surface area contributed by atoms with Gasteiger partial charge in [0, 0.05) is 6.54 Å². The molecule has 1 aliphatic carbocycles. The van der Waals surface area contributed by atoms with Crippen molar-refractivity contribution in [3.05, 3.63) is 71.0 Å². The first kappa shape index (κ1) is 13.3. The van der Waals surface area contributed by atoms with Gasteiger partial charge in [0.25, 0.3) is 0 Å². The zero-order valence-electron chi connectivity index (χ0n) is 11.6. The molecular weight excluding hydrogens is 249 g/mol. The highest BCUT2D eigenvalue weighted by atomic mass is 19.1. The van der Waals surface area contributed by atoms with Gasteiger partial charge in [-0.3, -0.25) is 0 Å². The predicted octanol–water partition coefficient (Wildman–Crippen LogP) is 4.04. The van der Waals surface area contributed by atoms with Gasteiger partial charge in [-0.1, -0.05) is 36.4 Å². The topological polar surface area (TPSA) is 12.0 Å². The summed E-state index contributed by atoms with van der Waals surface area (Å²) in [5.41, 5.74) is 4.02. The lowest BCUT2D eigenvalue weighted by atomic mass is 10.1. The average molecular weight is 269 g/mol. The second kappa shape index (κ2) is 6.19.